The van der Waals surface area contributed by atoms with Gasteiger partial charge in [0.15, 0.2) is 0 Å². The predicted molar refractivity (Wildman–Crippen MR) is 106 cm³/mol. The Morgan fingerprint density at radius 3 is 2.74 bits per heavy atom. The van der Waals surface area contributed by atoms with E-state index in [9.17, 15) is 9.59 Å². The molecule has 2 aromatic rings. The third kappa shape index (κ3) is 2.81. The van der Waals surface area contributed by atoms with Crippen LogP contribution in [0.5, 0.6) is 0 Å². The minimum absolute atomic E-state index is 0.0602. The Morgan fingerprint density at radius 1 is 1.00 bits per heavy atom. The third-order valence-corrected chi connectivity index (χ3v) is 6.44. The standard InChI is InChI=1S/C22H25N3O2/c26-21-12-16(22(27)25-17-8-9-18(25)13-23-11-10-17)14-24(21)20-7-3-5-15-4-1-2-6-19(15)20/h1-7,16-18,23H,8-14H2. The second-order valence-corrected chi connectivity index (χ2v) is 8.03. The van der Waals surface area contributed by atoms with Crippen LogP contribution in [-0.2, 0) is 9.59 Å². The molecule has 2 aromatic carbocycles. The van der Waals surface area contributed by atoms with Crippen LogP contribution in [-0.4, -0.2) is 48.4 Å². The Labute approximate surface area is 159 Å². The highest BCUT2D eigenvalue weighted by molar-refractivity contribution is 6.07. The largest absolute Gasteiger partial charge is 0.335 e. The van der Waals surface area contributed by atoms with E-state index in [-0.39, 0.29) is 17.7 Å². The highest BCUT2D eigenvalue weighted by Gasteiger charge is 2.44. The Kier molecular flexibility index (Phi) is 4.12. The molecule has 27 heavy (non-hydrogen) atoms. The third-order valence-electron chi connectivity index (χ3n) is 6.44. The van der Waals surface area contributed by atoms with E-state index in [0.29, 0.717) is 25.0 Å². The van der Waals surface area contributed by atoms with E-state index in [1.807, 2.05) is 35.2 Å². The van der Waals surface area contributed by atoms with Crippen molar-refractivity contribution < 1.29 is 9.59 Å². The Hall–Kier alpha value is -2.40. The highest BCUT2D eigenvalue weighted by Crippen LogP contribution is 2.35. The first-order valence-electron chi connectivity index (χ1n) is 10.0. The number of rotatable bonds is 2. The Balaban J connectivity index is 1.41. The molecule has 0 radical (unpaired) electrons. The molecule has 3 unspecified atom stereocenters. The van der Waals surface area contributed by atoms with Gasteiger partial charge in [-0.1, -0.05) is 36.4 Å². The van der Waals surface area contributed by atoms with Crippen molar-refractivity contribution in [3.63, 3.8) is 0 Å². The first-order valence-corrected chi connectivity index (χ1v) is 10.0. The molecule has 0 spiro atoms. The number of hydrogen-bond acceptors (Lipinski definition) is 3. The summed E-state index contributed by atoms with van der Waals surface area (Å²) in [5.74, 6) is 0.0185. The molecule has 0 aliphatic carbocycles. The average Bonchev–Trinajstić information content (AvgIpc) is 3.19. The zero-order valence-electron chi connectivity index (χ0n) is 15.4. The normalized spacial score (nSPS) is 28.0. The van der Waals surface area contributed by atoms with Gasteiger partial charge in [-0.15, -0.1) is 0 Å². The van der Waals surface area contributed by atoms with Crippen LogP contribution in [0.1, 0.15) is 25.7 Å². The number of carbonyl (C=O) groups is 2. The number of carbonyl (C=O) groups excluding carboxylic acids is 2. The second-order valence-electron chi connectivity index (χ2n) is 8.03. The number of amides is 2. The van der Waals surface area contributed by atoms with Gasteiger partial charge in [0.25, 0.3) is 0 Å². The molecule has 3 aliphatic heterocycles. The van der Waals surface area contributed by atoms with Crippen LogP contribution in [0.25, 0.3) is 10.8 Å². The second kappa shape index (κ2) is 6.64. The molecular weight excluding hydrogens is 338 g/mol. The fraction of sp³-hybridized carbons (Fsp3) is 0.455. The van der Waals surface area contributed by atoms with Crippen LogP contribution in [0.15, 0.2) is 42.5 Å². The van der Waals surface area contributed by atoms with Gasteiger partial charge in [-0.3, -0.25) is 9.59 Å². The van der Waals surface area contributed by atoms with E-state index >= 15 is 0 Å². The van der Waals surface area contributed by atoms with Crippen LogP contribution in [0.2, 0.25) is 0 Å². The summed E-state index contributed by atoms with van der Waals surface area (Å²) in [6.07, 6.45) is 3.53. The monoisotopic (exact) mass is 363 g/mol. The van der Waals surface area contributed by atoms with E-state index in [1.54, 1.807) is 0 Å². The first kappa shape index (κ1) is 16.8. The lowest BCUT2D eigenvalue weighted by Gasteiger charge is -2.30. The Morgan fingerprint density at radius 2 is 1.81 bits per heavy atom. The van der Waals surface area contributed by atoms with Gasteiger partial charge in [0, 0.05) is 37.0 Å². The lowest BCUT2D eigenvalue weighted by Crippen LogP contribution is -2.46. The first-order chi connectivity index (χ1) is 13.2. The van der Waals surface area contributed by atoms with Gasteiger partial charge in [0.1, 0.15) is 0 Å². The van der Waals surface area contributed by atoms with E-state index in [2.05, 4.69) is 22.3 Å². The maximum absolute atomic E-state index is 13.3. The van der Waals surface area contributed by atoms with Gasteiger partial charge >= 0.3 is 0 Å². The highest BCUT2D eigenvalue weighted by atomic mass is 16.2. The van der Waals surface area contributed by atoms with Gasteiger partial charge in [-0.2, -0.15) is 0 Å². The molecule has 5 nitrogen and oxygen atoms in total. The molecule has 3 saturated heterocycles. The summed E-state index contributed by atoms with van der Waals surface area (Å²) >= 11 is 0. The summed E-state index contributed by atoms with van der Waals surface area (Å²) in [4.78, 5) is 30.1. The lowest BCUT2D eigenvalue weighted by atomic mass is 10.1. The van der Waals surface area contributed by atoms with Crippen molar-refractivity contribution in [2.75, 3.05) is 24.5 Å². The molecule has 0 saturated carbocycles. The van der Waals surface area contributed by atoms with Crippen molar-refractivity contribution in [2.45, 2.75) is 37.8 Å². The van der Waals surface area contributed by atoms with Crippen LogP contribution in [0.3, 0.4) is 0 Å². The molecule has 5 heteroatoms. The number of nitrogens with zero attached hydrogens (tertiary/aromatic N) is 2. The quantitative estimate of drug-likeness (QED) is 0.892. The van der Waals surface area contributed by atoms with Gasteiger partial charge in [0.05, 0.1) is 11.6 Å². The fourth-order valence-corrected chi connectivity index (χ4v) is 5.10. The SMILES string of the molecule is O=C1CC(C(=O)N2C3CCNCC2CC3)CN1c1cccc2ccccc12. The lowest BCUT2D eigenvalue weighted by molar-refractivity contribution is -0.138. The number of nitrogens with one attached hydrogen (secondary N) is 1. The summed E-state index contributed by atoms with van der Waals surface area (Å²) in [7, 11) is 0. The molecule has 1 N–H and O–H groups in total. The molecule has 5 rings (SSSR count). The van der Waals surface area contributed by atoms with Crippen molar-refractivity contribution in [1.29, 1.82) is 0 Å². The fourth-order valence-electron chi connectivity index (χ4n) is 5.10. The summed E-state index contributed by atoms with van der Waals surface area (Å²) in [6.45, 7) is 2.36. The van der Waals surface area contributed by atoms with E-state index < -0.39 is 0 Å². The predicted octanol–water partition coefficient (Wildman–Crippen LogP) is 2.55. The van der Waals surface area contributed by atoms with E-state index in [4.69, 9.17) is 0 Å². The minimum atomic E-state index is -0.224. The average molecular weight is 363 g/mol. The molecule has 3 atom stereocenters. The molecule has 2 bridgehead atoms. The zero-order valence-corrected chi connectivity index (χ0v) is 15.4. The van der Waals surface area contributed by atoms with Gasteiger partial charge in [-0.25, -0.2) is 0 Å². The molecule has 140 valence electrons. The smallest absolute Gasteiger partial charge is 0.228 e. The van der Waals surface area contributed by atoms with Gasteiger partial charge < -0.3 is 15.1 Å². The molecule has 3 aliphatic rings. The van der Waals surface area contributed by atoms with Crippen LogP contribution >= 0.6 is 0 Å². The van der Waals surface area contributed by atoms with Gasteiger partial charge in [0.2, 0.25) is 11.8 Å². The van der Waals surface area contributed by atoms with Crippen molar-refractivity contribution >= 4 is 28.3 Å². The van der Waals surface area contributed by atoms with Crippen molar-refractivity contribution in [3.8, 4) is 0 Å². The summed E-state index contributed by atoms with van der Waals surface area (Å²) < 4.78 is 0. The van der Waals surface area contributed by atoms with E-state index in [1.165, 1.54) is 0 Å². The van der Waals surface area contributed by atoms with E-state index in [0.717, 1.165) is 48.8 Å². The molecule has 2 amide bonds. The Bertz CT molecular complexity index is 877. The number of anilines is 1. The van der Waals surface area contributed by atoms with Crippen molar-refractivity contribution in [2.24, 2.45) is 5.92 Å². The number of fused-ring (bicyclic) bond motifs is 3. The summed E-state index contributed by atoms with van der Waals surface area (Å²) in [6, 6.07) is 14.8. The number of hydrogen-bond donors (Lipinski definition) is 1. The van der Waals surface area contributed by atoms with Crippen LogP contribution in [0.4, 0.5) is 5.69 Å². The van der Waals surface area contributed by atoms with Crippen LogP contribution < -0.4 is 10.2 Å². The maximum Gasteiger partial charge on any atom is 0.228 e. The minimum Gasteiger partial charge on any atom is -0.335 e. The van der Waals surface area contributed by atoms with Gasteiger partial charge in [-0.05, 0) is 37.3 Å². The summed E-state index contributed by atoms with van der Waals surface area (Å²) in [5, 5.41) is 5.64. The summed E-state index contributed by atoms with van der Waals surface area (Å²) in [5.41, 5.74) is 0.925. The maximum atomic E-state index is 13.3. The number of benzene rings is 2. The van der Waals surface area contributed by atoms with Crippen molar-refractivity contribution in [1.82, 2.24) is 10.2 Å². The molecule has 3 heterocycles. The van der Waals surface area contributed by atoms with Crippen molar-refractivity contribution in [3.05, 3.63) is 42.5 Å². The topological polar surface area (TPSA) is 52.7 Å². The molecule has 3 fully saturated rings. The molecular formula is C22H25N3O2. The van der Waals surface area contributed by atoms with Crippen LogP contribution in [0, 0.1) is 5.92 Å². The molecule has 0 aromatic heterocycles. The zero-order chi connectivity index (χ0) is 18.4.